The number of carbonyl (C=O) groups excluding carboxylic acids is 1. The summed E-state index contributed by atoms with van der Waals surface area (Å²) in [7, 11) is -2.99. The van der Waals surface area contributed by atoms with Crippen molar-refractivity contribution in [3.8, 4) is 0 Å². The molecule has 1 heterocycles. The molecule has 1 aliphatic carbocycles. The van der Waals surface area contributed by atoms with Gasteiger partial charge in [0.1, 0.15) is 0 Å². The topological polar surface area (TPSA) is 54.5 Å². The highest BCUT2D eigenvalue weighted by Gasteiger charge is 2.32. The van der Waals surface area contributed by atoms with Crippen molar-refractivity contribution in [3.05, 3.63) is 0 Å². The molecule has 0 radical (unpaired) electrons. The lowest BCUT2D eigenvalue weighted by Crippen LogP contribution is -2.43. The molecule has 21 heavy (non-hydrogen) atoms. The zero-order valence-corrected chi connectivity index (χ0v) is 14.2. The molecule has 0 atom stereocenters. The standard InChI is InChI=1S/C16H29NO3S/c1-13(2)12-21(19,20)15-7-9-17(10-8-15)16(18)11-14-5-3-4-6-14/h13-15H,3-12H2,1-2H3. The maximum atomic E-state index is 12.3. The minimum atomic E-state index is -2.99. The van der Waals surface area contributed by atoms with Gasteiger partial charge in [0.15, 0.2) is 9.84 Å². The van der Waals surface area contributed by atoms with Gasteiger partial charge in [-0.3, -0.25) is 4.79 Å². The Balaban J connectivity index is 1.81. The smallest absolute Gasteiger partial charge is 0.222 e. The number of nitrogens with zero attached hydrogens (tertiary/aromatic N) is 1. The molecule has 4 nitrogen and oxygen atoms in total. The molecule has 122 valence electrons. The lowest BCUT2D eigenvalue weighted by Gasteiger charge is -2.32. The zero-order chi connectivity index (χ0) is 15.5. The molecule has 1 saturated carbocycles. The van der Waals surface area contributed by atoms with Crippen LogP contribution >= 0.6 is 0 Å². The second kappa shape index (κ2) is 7.12. The van der Waals surface area contributed by atoms with Crippen molar-refractivity contribution in [2.45, 2.75) is 64.0 Å². The highest BCUT2D eigenvalue weighted by atomic mass is 32.2. The Morgan fingerprint density at radius 1 is 1.10 bits per heavy atom. The summed E-state index contributed by atoms with van der Waals surface area (Å²) in [5.41, 5.74) is 0. The van der Waals surface area contributed by atoms with Crippen molar-refractivity contribution in [2.75, 3.05) is 18.8 Å². The van der Waals surface area contributed by atoms with E-state index in [1.165, 1.54) is 25.7 Å². The Morgan fingerprint density at radius 2 is 1.67 bits per heavy atom. The summed E-state index contributed by atoms with van der Waals surface area (Å²) in [6, 6.07) is 0. The van der Waals surface area contributed by atoms with Crippen LogP contribution < -0.4 is 0 Å². The number of hydrogen-bond donors (Lipinski definition) is 0. The number of hydrogen-bond acceptors (Lipinski definition) is 3. The van der Waals surface area contributed by atoms with Crippen LogP contribution in [-0.2, 0) is 14.6 Å². The molecule has 2 aliphatic rings. The molecule has 1 aliphatic heterocycles. The van der Waals surface area contributed by atoms with Crippen LogP contribution in [0.4, 0.5) is 0 Å². The Hall–Kier alpha value is -0.580. The quantitative estimate of drug-likeness (QED) is 0.783. The van der Waals surface area contributed by atoms with E-state index in [0.29, 0.717) is 38.3 Å². The molecule has 0 N–H and O–H groups in total. The molecule has 0 aromatic heterocycles. The average Bonchev–Trinajstić information content (AvgIpc) is 2.90. The summed E-state index contributed by atoms with van der Waals surface area (Å²) in [6.45, 7) is 5.12. The monoisotopic (exact) mass is 315 g/mol. The summed E-state index contributed by atoms with van der Waals surface area (Å²) in [6.07, 6.45) is 6.79. The van der Waals surface area contributed by atoms with Crippen LogP contribution in [0.3, 0.4) is 0 Å². The van der Waals surface area contributed by atoms with E-state index in [-0.39, 0.29) is 22.8 Å². The first kappa shape index (κ1) is 16.8. The first-order valence-electron chi connectivity index (χ1n) is 8.38. The molecule has 1 amide bonds. The van der Waals surface area contributed by atoms with E-state index in [1.54, 1.807) is 0 Å². The number of likely N-dealkylation sites (tertiary alicyclic amines) is 1. The Labute approximate surface area is 129 Å². The number of amides is 1. The second-order valence-corrected chi connectivity index (χ2v) is 9.48. The normalized spacial score (nSPS) is 22.1. The summed E-state index contributed by atoms with van der Waals surface area (Å²) in [5, 5.41) is -0.240. The molecule has 2 rings (SSSR count). The van der Waals surface area contributed by atoms with Gasteiger partial charge in [-0.05, 0) is 37.5 Å². The third-order valence-electron chi connectivity index (χ3n) is 4.81. The first-order valence-corrected chi connectivity index (χ1v) is 10.1. The van der Waals surface area contributed by atoms with Crippen molar-refractivity contribution in [1.82, 2.24) is 4.90 Å². The molecule has 5 heteroatoms. The highest BCUT2D eigenvalue weighted by molar-refractivity contribution is 7.92. The van der Waals surface area contributed by atoms with E-state index in [4.69, 9.17) is 0 Å². The van der Waals surface area contributed by atoms with E-state index < -0.39 is 9.84 Å². The van der Waals surface area contributed by atoms with Gasteiger partial charge in [0.05, 0.1) is 11.0 Å². The highest BCUT2D eigenvalue weighted by Crippen LogP contribution is 2.29. The number of carbonyl (C=O) groups is 1. The molecular weight excluding hydrogens is 286 g/mol. The van der Waals surface area contributed by atoms with Gasteiger partial charge in [-0.15, -0.1) is 0 Å². The van der Waals surface area contributed by atoms with E-state index >= 15 is 0 Å². The van der Waals surface area contributed by atoms with E-state index in [1.807, 2.05) is 18.7 Å². The van der Waals surface area contributed by atoms with Crippen LogP contribution in [0.5, 0.6) is 0 Å². The second-order valence-electron chi connectivity index (χ2n) is 7.16. The molecule has 0 aromatic carbocycles. The predicted molar refractivity (Wildman–Crippen MR) is 84.8 cm³/mol. The van der Waals surface area contributed by atoms with E-state index in [0.717, 1.165) is 0 Å². The molecular formula is C16H29NO3S. The van der Waals surface area contributed by atoms with Crippen molar-refractivity contribution < 1.29 is 13.2 Å². The number of piperidine rings is 1. The third-order valence-corrected chi connectivity index (χ3v) is 7.42. The van der Waals surface area contributed by atoms with Crippen LogP contribution in [0.2, 0.25) is 0 Å². The molecule has 0 unspecified atom stereocenters. The fourth-order valence-corrected chi connectivity index (χ4v) is 5.79. The van der Waals surface area contributed by atoms with Gasteiger partial charge in [0.25, 0.3) is 0 Å². The molecule has 0 bridgehead atoms. The van der Waals surface area contributed by atoms with Gasteiger partial charge >= 0.3 is 0 Å². The Morgan fingerprint density at radius 3 is 2.19 bits per heavy atom. The Kier molecular flexibility index (Phi) is 5.69. The fraction of sp³-hybridized carbons (Fsp3) is 0.938. The van der Waals surface area contributed by atoms with Crippen LogP contribution in [0.15, 0.2) is 0 Å². The van der Waals surface area contributed by atoms with Gasteiger partial charge in [-0.1, -0.05) is 26.7 Å². The lowest BCUT2D eigenvalue weighted by molar-refractivity contribution is -0.133. The first-order chi connectivity index (χ1) is 9.88. The maximum Gasteiger partial charge on any atom is 0.222 e. The summed E-state index contributed by atoms with van der Waals surface area (Å²) in [5.74, 6) is 1.26. The van der Waals surface area contributed by atoms with Crippen molar-refractivity contribution >= 4 is 15.7 Å². The van der Waals surface area contributed by atoms with Gasteiger partial charge in [0.2, 0.25) is 5.91 Å². The van der Waals surface area contributed by atoms with E-state index in [2.05, 4.69) is 0 Å². The van der Waals surface area contributed by atoms with Crippen LogP contribution in [0.25, 0.3) is 0 Å². The average molecular weight is 315 g/mol. The van der Waals surface area contributed by atoms with Gasteiger partial charge < -0.3 is 4.90 Å². The van der Waals surface area contributed by atoms with Gasteiger partial charge in [0, 0.05) is 19.5 Å². The van der Waals surface area contributed by atoms with E-state index in [9.17, 15) is 13.2 Å². The Bertz CT molecular complexity index is 444. The van der Waals surface area contributed by atoms with Crippen LogP contribution in [0, 0.1) is 11.8 Å². The number of rotatable bonds is 5. The number of sulfone groups is 1. The molecule has 1 saturated heterocycles. The van der Waals surface area contributed by atoms with Gasteiger partial charge in [-0.2, -0.15) is 0 Å². The zero-order valence-electron chi connectivity index (χ0n) is 13.4. The predicted octanol–water partition coefficient (Wildman–Crippen LogP) is 2.63. The minimum absolute atomic E-state index is 0.178. The summed E-state index contributed by atoms with van der Waals surface area (Å²) in [4.78, 5) is 14.2. The van der Waals surface area contributed by atoms with Crippen molar-refractivity contribution in [1.29, 1.82) is 0 Å². The molecule has 0 aromatic rings. The summed E-state index contributed by atoms with van der Waals surface area (Å²) >= 11 is 0. The summed E-state index contributed by atoms with van der Waals surface area (Å²) < 4.78 is 24.5. The maximum absolute atomic E-state index is 12.3. The van der Waals surface area contributed by atoms with Crippen molar-refractivity contribution in [2.24, 2.45) is 11.8 Å². The lowest BCUT2D eigenvalue weighted by atomic mass is 10.0. The van der Waals surface area contributed by atoms with Crippen LogP contribution in [-0.4, -0.2) is 43.3 Å². The minimum Gasteiger partial charge on any atom is -0.343 e. The fourth-order valence-electron chi connectivity index (χ4n) is 3.66. The molecule has 2 fully saturated rings. The SMILES string of the molecule is CC(C)CS(=O)(=O)C1CCN(C(=O)CC2CCCC2)CC1. The third kappa shape index (κ3) is 4.70. The largest absolute Gasteiger partial charge is 0.343 e. The van der Waals surface area contributed by atoms with Crippen molar-refractivity contribution in [3.63, 3.8) is 0 Å². The molecule has 0 spiro atoms. The van der Waals surface area contributed by atoms with Gasteiger partial charge in [-0.25, -0.2) is 8.42 Å². The van der Waals surface area contributed by atoms with Crippen LogP contribution in [0.1, 0.15) is 58.8 Å².